The van der Waals surface area contributed by atoms with Crippen LogP contribution in [-0.2, 0) is 0 Å². The van der Waals surface area contributed by atoms with Crippen molar-refractivity contribution >= 4 is 0 Å². The fourth-order valence-electron chi connectivity index (χ4n) is 2.01. The van der Waals surface area contributed by atoms with Gasteiger partial charge in [-0.2, -0.15) is 0 Å². The van der Waals surface area contributed by atoms with Crippen LogP contribution in [0.2, 0.25) is 0 Å². The zero-order chi connectivity index (χ0) is 15.1. The van der Waals surface area contributed by atoms with Gasteiger partial charge in [-0.05, 0) is 19.2 Å². The highest BCUT2D eigenvalue weighted by molar-refractivity contribution is 5.23. The number of hydrogen-bond acceptors (Lipinski definition) is 3. The maximum absolute atomic E-state index is 13.6. The lowest BCUT2D eigenvalue weighted by Gasteiger charge is -2.22. The molecule has 6 heteroatoms. The van der Waals surface area contributed by atoms with Crippen molar-refractivity contribution in [2.45, 2.75) is 19.9 Å². The SMILES string of the molecule is CCN(CC)CCNC(CO)c1cc(F)c(F)cc1F. The van der Waals surface area contributed by atoms with Gasteiger partial charge in [-0.1, -0.05) is 13.8 Å². The van der Waals surface area contributed by atoms with Crippen LogP contribution in [-0.4, -0.2) is 42.8 Å². The molecule has 1 rings (SSSR count). The predicted molar refractivity (Wildman–Crippen MR) is 71.9 cm³/mol. The normalized spacial score (nSPS) is 12.9. The van der Waals surface area contributed by atoms with E-state index in [4.69, 9.17) is 0 Å². The van der Waals surface area contributed by atoms with E-state index in [1.165, 1.54) is 0 Å². The molecule has 2 N–H and O–H groups in total. The number of likely N-dealkylation sites (N-methyl/N-ethyl adjacent to an activating group) is 1. The van der Waals surface area contributed by atoms with Gasteiger partial charge in [-0.25, -0.2) is 13.2 Å². The summed E-state index contributed by atoms with van der Waals surface area (Å²) in [5.41, 5.74) is -0.0639. The van der Waals surface area contributed by atoms with Crippen LogP contribution in [0.25, 0.3) is 0 Å². The largest absolute Gasteiger partial charge is 0.394 e. The van der Waals surface area contributed by atoms with Crippen molar-refractivity contribution in [2.75, 3.05) is 32.8 Å². The van der Waals surface area contributed by atoms with Crippen LogP contribution in [0.15, 0.2) is 12.1 Å². The topological polar surface area (TPSA) is 35.5 Å². The molecule has 0 aliphatic carbocycles. The Labute approximate surface area is 117 Å². The third kappa shape index (κ3) is 4.47. The van der Waals surface area contributed by atoms with Crippen molar-refractivity contribution in [1.29, 1.82) is 0 Å². The molecule has 0 bridgehead atoms. The first-order valence-corrected chi connectivity index (χ1v) is 6.74. The molecular weight excluding hydrogens is 269 g/mol. The Morgan fingerprint density at radius 2 is 1.70 bits per heavy atom. The zero-order valence-corrected chi connectivity index (χ0v) is 11.8. The average Bonchev–Trinajstić information content (AvgIpc) is 2.44. The van der Waals surface area contributed by atoms with E-state index in [9.17, 15) is 18.3 Å². The molecule has 0 aliphatic rings. The number of hydrogen-bond donors (Lipinski definition) is 2. The standard InChI is InChI=1S/C14H21F3N2O/c1-3-19(4-2)6-5-18-14(9-20)10-7-12(16)13(17)8-11(10)15/h7-8,14,18,20H,3-6,9H2,1-2H3. The van der Waals surface area contributed by atoms with Gasteiger partial charge in [0.1, 0.15) is 5.82 Å². The van der Waals surface area contributed by atoms with Crippen molar-refractivity contribution in [3.05, 3.63) is 35.1 Å². The summed E-state index contributed by atoms with van der Waals surface area (Å²) in [6.45, 7) is 6.70. The zero-order valence-electron chi connectivity index (χ0n) is 11.8. The predicted octanol–water partition coefficient (Wildman–Crippen LogP) is 2.07. The van der Waals surface area contributed by atoms with Crippen molar-refractivity contribution in [2.24, 2.45) is 0 Å². The number of benzene rings is 1. The monoisotopic (exact) mass is 290 g/mol. The summed E-state index contributed by atoms with van der Waals surface area (Å²) >= 11 is 0. The van der Waals surface area contributed by atoms with Crippen LogP contribution in [0.1, 0.15) is 25.5 Å². The van der Waals surface area contributed by atoms with Gasteiger partial charge < -0.3 is 15.3 Å². The second-order valence-electron chi connectivity index (χ2n) is 4.50. The third-order valence-corrected chi connectivity index (χ3v) is 3.31. The van der Waals surface area contributed by atoms with Crippen LogP contribution in [0.4, 0.5) is 13.2 Å². The summed E-state index contributed by atoms with van der Waals surface area (Å²) in [6, 6.07) is 0.538. The Morgan fingerprint density at radius 1 is 1.10 bits per heavy atom. The lowest BCUT2D eigenvalue weighted by Crippen LogP contribution is -2.35. The van der Waals surface area contributed by atoms with Gasteiger partial charge in [0.25, 0.3) is 0 Å². The lowest BCUT2D eigenvalue weighted by atomic mass is 10.1. The first-order chi connectivity index (χ1) is 9.53. The molecule has 114 valence electrons. The van der Waals surface area contributed by atoms with E-state index in [1.54, 1.807) is 0 Å². The van der Waals surface area contributed by atoms with Gasteiger partial charge in [0, 0.05) is 24.7 Å². The van der Waals surface area contributed by atoms with Crippen molar-refractivity contribution in [3.8, 4) is 0 Å². The molecule has 0 saturated heterocycles. The smallest absolute Gasteiger partial charge is 0.161 e. The molecule has 0 fully saturated rings. The van der Waals surface area contributed by atoms with Crippen molar-refractivity contribution in [3.63, 3.8) is 0 Å². The Hall–Kier alpha value is -1.11. The molecule has 20 heavy (non-hydrogen) atoms. The molecule has 1 aromatic carbocycles. The summed E-state index contributed by atoms with van der Waals surface area (Å²) in [7, 11) is 0. The fourth-order valence-corrected chi connectivity index (χ4v) is 2.01. The van der Waals surface area contributed by atoms with Crippen LogP contribution >= 0.6 is 0 Å². The second-order valence-corrected chi connectivity index (χ2v) is 4.50. The van der Waals surface area contributed by atoms with E-state index in [0.29, 0.717) is 12.6 Å². The molecule has 0 heterocycles. The van der Waals surface area contributed by atoms with Gasteiger partial charge in [-0.15, -0.1) is 0 Å². The summed E-state index contributed by atoms with van der Waals surface area (Å²) in [5, 5.41) is 12.2. The van der Waals surface area contributed by atoms with E-state index < -0.39 is 23.5 Å². The van der Waals surface area contributed by atoms with Crippen LogP contribution in [0, 0.1) is 17.5 Å². The molecular formula is C14H21F3N2O. The minimum Gasteiger partial charge on any atom is -0.394 e. The van der Waals surface area contributed by atoms with E-state index in [1.807, 2.05) is 13.8 Å². The minimum absolute atomic E-state index is 0.0639. The molecule has 3 nitrogen and oxygen atoms in total. The van der Waals surface area contributed by atoms with Crippen LogP contribution in [0.5, 0.6) is 0 Å². The summed E-state index contributed by atoms with van der Waals surface area (Å²) in [4.78, 5) is 2.16. The van der Waals surface area contributed by atoms with E-state index in [2.05, 4.69) is 10.2 Å². The number of aliphatic hydroxyl groups excluding tert-OH is 1. The molecule has 1 aromatic rings. The van der Waals surface area contributed by atoms with E-state index in [0.717, 1.165) is 25.7 Å². The molecule has 0 aliphatic heterocycles. The Bertz CT molecular complexity index is 425. The number of nitrogens with one attached hydrogen (secondary N) is 1. The average molecular weight is 290 g/mol. The Kier molecular flexibility index (Phi) is 6.98. The molecule has 0 aromatic heterocycles. The Morgan fingerprint density at radius 3 is 2.25 bits per heavy atom. The van der Waals surface area contributed by atoms with E-state index >= 15 is 0 Å². The first-order valence-electron chi connectivity index (χ1n) is 6.74. The first kappa shape index (κ1) is 16.9. The van der Waals surface area contributed by atoms with Gasteiger partial charge in [-0.3, -0.25) is 0 Å². The number of aliphatic hydroxyl groups is 1. The quantitative estimate of drug-likeness (QED) is 0.720. The lowest BCUT2D eigenvalue weighted by molar-refractivity contribution is 0.230. The molecule has 1 atom stereocenters. The van der Waals surface area contributed by atoms with E-state index in [-0.39, 0.29) is 12.2 Å². The molecule has 0 radical (unpaired) electrons. The molecule has 1 unspecified atom stereocenters. The number of nitrogens with zero attached hydrogens (tertiary/aromatic N) is 1. The van der Waals surface area contributed by atoms with Crippen molar-refractivity contribution in [1.82, 2.24) is 10.2 Å². The minimum atomic E-state index is -1.23. The Balaban J connectivity index is 2.69. The summed E-state index contributed by atoms with van der Waals surface area (Å²) < 4.78 is 39.6. The molecule has 0 amide bonds. The van der Waals surface area contributed by atoms with Gasteiger partial charge in [0.15, 0.2) is 11.6 Å². The van der Waals surface area contributed by atoms with Gasteiger partial charge in [0.05, 0.1) is 12.6 Å². The summed E-state index contributed by atoms with van der Waals surface area (Å²) in [6.07, 6.45) is 0. The fraction of sp³-hybridized carbons (Fsp3) is 0.571. The van der Waals surface area contributed by atoms with Crippen LogP contribution < -0.4 is 5.32 Å². The number of halogens is 3. The maximum atomic E-state index is 13.6. The van der Waals surface area contributed by atoms with Crippen LogP contribution in [0.3, 0.4) is 0 Å². The highest BCUT2D eigenvalue weighted by Crippen LogP contribution is 2.20. The van der Waals surface area contributed by atoms with Crippen molar-refractivity contribution < 1.29 is 18.3 Å². The number of rotatable bonds is 8. The second kappa shape index (κ2) is 8.24. The highest BCUT2D eigenvalue weighted by atomic mass is 19.2. The summed E-state index contributed by atoms with van der Waals surface area (Å²) in [5.74, 6) is -3.21. The highest BCUT2D eigenvalue weighted by Gasteiger charge is 2.18. The third-order valence-electron chi connectivity index (χ3n) is 3.31. The maximum Gasteiger partial charge on any atom is 0.161 e. The molecule has 0 spiro atoms. The van der Waals surface area contributed by atoms with Gasteiger partial charge >= 0.3 is 0 Å². The molecule has 0 saturated carbocycles. The van der Waals surface area contributed by atoms with Gasteiger partial charge in [0.2, 0.25) is 0 Å².